The molecule has 0 spiro atoms. The van der Waals surface area contributed by atoms with Crippen LogP contribution in [0.15, 0.2) is 22.7 Å². The van der Waals surface area contributed by atoms with Crippen LogP contribution in [0.2, 0.25) is 0 Å². The average Bonchev–Trinajstić information content (AvgIpc) is 2.47. The summed E-state index contributed by atoms with van der Waals surface area (Å²) in [5, 5.41) is 2.91. The number of nitrogens with one attached hydrogen (secondary N) is 1. The van der Waals surface area contributed by atoms with E-state index < -0.39 is 5.60 Å². The topological polar surface area (TPSA) is 67.9 Å². The lowest BCUT2D eigenvalue weighted by molar-refractivity contribution is -0.124. The lowest BCUT2D eigenvalue weighted by Gasteiger charge is -2.38. The molecule has 144 valence electrons. The molecule has 0 unspecified atom stereocenters. The van der Waals surface area contributed by atoms with E-state index in [1.807, 2.05) is 39.0 Å². The van der Waals surface area contributed by atoms with Crippen LogP contribution in [0.4, 0.5) is 10.5 Å². The Hall–Kier alpha value is -1.76. The quantitative estimate of drug-likeness (QED) is 0.682. The number of nitrogens with zero attached hydrogens (tertiary/aromatic N) is 1. The molecule has 0 bridgehead atoms. The molecule has 2 amide bonds. The van der Waals surface area contributed by atoms with Gasteiger partial charge in [0.25, 0.3) is 0 Å². The Labute approximate surface area is 163 Å². The zero-order chi connectivity index (χ0) is 19.3. The summed E-state index contributed by atoms with van der Waals surface area (Å²) in [5.74, 6) is 0.372. The van der Waals surface area contributed by atoms with Gasteiger partial charge in [-0.25, -0.2) is 4.79 Å². The van der Waals surface area contributed by atoms with Gasteiger partial charge in [0.2, 0.25) is 5.91 Å². The van der Waals surface area contributed by atoms with Gasteiger partial charge in [-0.05, 0) is 55.3 Å². The van der Waals surface area contributed by atoms with Crippen LogP contribution in [0.1, 0.15) is 40.5 Å². The van der Waals surface area contributed by atoms with Crippen molar-refractivity contribution >= 4 is 33.6 Å². The van der Waals surface area contributed by atoms with Gasteiger partial charge in [-0.3, -0.25) is 4.79 Å². The number of carbonyl (C=O) groups excluding carboxylic acids is 2. The molecule has 1 heterocycles. The first-order chi connectivity index (χ1) is 12.2. The van der Waals surface area contributed by atoms with Gasteiger partial charge in [-0.2, -0.15) is 0 Å². The summed E-state index contributed by atoms with van der Waals surface area (Å²) in [6, 6.07) is 5.52. The molecule has 1 aliphatic heterocycles. The van der Waals surface area contributed by atoms with Crippen molar-refractivity contribution in [1.82, 2.24) is 4.90 Å². The zero-order valence-corrected chi connectivity index (χ0v) is 17.4. The Morgan fingerprint density at radius 3 is 2.62 bits per heavy atom. The smallest absolute Gasteiger partial charge is 0.410 e. The summed E-state index contributed by atoms with van der Waals surface area (Å²) in [4.78, 5) is 25.9. The van der Waals surface area contributed by atoms with E-state index in [2.05, 4.69) is 28.2 Å². The third-order valence-corrected chi connectivity index (χ3v) is 4.56. The number of rotatable bonds is 6. The van der Waals surface area contributed by atoms with E-state index in [0.717, 1.165) is 23.1 Å². The van der Waals surface area contributed by atoms with Crippen molar-refractivity contribution in [2.75, 3.05) is 25.0 Å². The van der Waals surface area contributed by atoms with Crippen molar-refractivity contribution in [3.8, 4) is 5.75 Å². The van der Waals surface area contributed by atoms with E-state index in [9.17, 15) is 9.59 Å². The Bertz CT molecular complexity index is 651. The first-order valence-electron chi connectivity index (χ1n) is 8.90. The first kappa shape index (κ1) is 20.6. The van der Waals surface area contributed by atoms with Crippen LogP contribution in [0.25, 0.3) is 0 Å². The molecule has 0 radical (unpaired) electrons. The lowest BCUT2D eigenvalue weighted by atomic mass is 10.00. The van der Waals surface area contributed by atoms with Crippen LogP contribution in [0.3, 0.4) is 0 Å². The van der Waals surface area contributed by atoms with Crippen molar-refractivity contribution in [2.45, 2.75) is 46.1 Å². The van der Waals surface area contributed by atoms with Crippen molar-refractivity contribution in [1.29, 1.82) is 0 Å². The molecule has 0 saturated carbocycles. The van der Waals surface area contributed by atoms with Gasteiger partial charge in [0.05, 0.1) is 18.2 Å². The fraction of sp³-hybridized carbons (Fsp3) is 0.579. The van der Waals surface area contributed by atoms with Crippen molar-refractivity contribution in [3.05, 3.63) is 22.7 Å². The van der Waals surface area contributed by atoms with Gasteiger partial charge in [0, 0.05) is 23.6 Å². The fourth-order valence-electron chi connectivity index (χ4n) is 2.38. The predicted octanol–water partition coefficient (Wildman–Crippen LogP) is 4.43. The molecule has 7 heteroatoms. The molecule has 0 aromatic heterocycles. The maximum absolute atomic E-state index is 12.4. The summed E-state index contributed by atoms with van der Waals surface area (Å²) in [7, 11) is 0. The highest BCUT2D eigenvalue weighted by molar-refractivity contribution is 9.10. The average molecular weight is 427 g/mol. The number of likely N-dealkylation sites (tertiary alicyclic amines) is 1. The second kappa shape index (κ2) is 8.75. The summed E-state index contributed by atoms with van der Waals surface area (Å²) < 4.78 is 11.8. The molecule has 26 heavy (non-hydrogen) atoms. The van der Waals surface area contributed by atoms with E-state index in [1.165, 1.54) is 4.90 Å². The normalized spacial score (nSPS) is 14.6. The number of unbranched alkanes of at least 4 members (excludes halogenated alkanes) is 1. The molecule has 1 aliphatic rings. The van der Waals surface area contributed by atoms with Crippen LogP contribution < -0.4 is 10.1 Å². The maximum Gasteiger partial charge on any atom is 0.410 e. The van der Waals surface area contributed by atoms with E-state index in [1.54, 1.807) is 0 Å². The van der Waals surface area contributed by atoms with E-state index in [0.29, 0.717) is 25.4 Å². The Morgan fingerprint density at radius 2 is 2.00 bits per heavy atom. The first-order valence-corrected chi connectivity index (χ1v) is 9.70. The molecule has 1 saturated heterocycles. The minimum Gasteiger partial charge on any atom is -0.494 e. The second-order valence-electron chi connectivity index (χ2n) is 7.42. The minimum absolute atomic E-state index is 0.115. The second-order valence-corrected chi connectivity index (χ2v) is 8.27. The van der Waals surface area contributed by atoms with Gasteiger partial charge in [-0.1, -0.05) is 13.3 Å². The third-order valence-electron chi connectivity index (χ3n) is 3.87. The van der Waals surface area contributed by atoms with Crippen molar-refractivity contribution in [3.63, 3.8) is 0 Å². The Morgan fingerprint density at radius 1 is 1.31 bits per heavy atom. The molecule has 2 rings (SSSR count). The summed E-state index contributed by atoms with van der Waals surface area (Å²) in [5.41, 5.74) is 0.132. The number of hydrogen-bond acceptors (Lipinski definition) is 4. The van der Waals surface area contributed by atoms with Crippen molar-refractivity contribution < 1.29 is 19.1 Å². The number of anilines is 1. The monoisotopic (exact) mass is 426 g/mol. The third kappa shape index (κ3) is 5.90. The SMILES string of the molecule is CCCCOc1ccc(Br)c(NC(=O)C2CN(C(=O)OC(C)(C)C)C2)c1. The van der Waals surface area contributed by atoms with E-state index >= 15 is 0 Å². The molecule has 0 aliphatic carbocycles. The molecule has 1 fully saturated rings. The number of amides is 2. The van der Waals surface area contributed by atoms with Crippen molar-refractivity contribution in [2.24, 2.45) is 5.92 Å². The lowest BCUT2D eigenvalue weighted by Crippen LogP contribution is -2.55. The maximum atomic E-state index is 12.4. The molecular weight excluding hydrogens is 400 g/mol. The molecule has 0 atom stereocenters. The number of carbonyl (C=O) groups is 2. The van der Waals surface area contributed by atoms with Crippen LogP contribution in [-0.4, -0.2) is 42.2 Å². The predicted molar refractivity (Wildman–Crippen MR) is 104 cm³/mol. The number of benzene rings is 1. The summed E-state index contributed by atoms with van der Waals surface area (Å²) in [6.45, 7) is 8.96. The van der Waals surface area contributed by atoms with E-state index in [-0.39, 0.29) is 17.9 Å². The highest BCUT2D eigenvalue weighted by Gasteiger charge is 2.38. The van der Waals surface area contributed by atoms with Crippen LogP contribution >= 0.6 is 15.9 Å². The van der Waals surface area contributed by atoms with Gasteiger partial charge >= 0.3 is 6.09 Å². The van der Waals surface area contributed by atoms with Gasteiger partial charge in [-0.15, -0.1) is 0 Å². The summed E-state index contributed by atoms with van der Waals surface area (Å²) >= 11 is 3.44. The molecular formula is C19H27BrN2O4. The number of halogens is 1. The number of ether oxygens (including phenoxy) is 2. The number of hydrogen-bond donors (Lipinski definition) is 1. The van der Waals surface area contributed by atoms with Crippen LogP contribution in [0.5, 0.6) is 5.75 Å². The molecule has 1 aromatic rings. The standard InChI is InChI=1S/C19H27BrN2O4/c1-5-6-9-25-14-7-8-15(20)16(10-14)21-17(23)13-11-22(12-13)18(24)26-19(2,3)4/h7-8,10,13H,5-6,9,11-12H2,1-4H3,(H,21,23). The van der Waals surface area contributed by atoms with Crippen LogP contribution in [0, 0.1) is 5.92 Å². The minimum atomic E-state index is -0.534. The van der Waals surface area contributed by atoms with Gasteiger partial charge in [0.1, 0.15) is 11.4 Å². The zero-order valence-electron chi connectivity index (χ0n) is 15.8. The highest BCUT2D eigenvalue weighted by atomic mass is 79.9. The fourth-order valence-corrected chi connectivity index (χ4v) is 2.72. The molecule has 1 N–H and O–H groups in total. The van der Waals surface area contributed by atoms with Crippen LogP contribution in [-0.2, 0) is 9.53 Å². The van der Waals surface area contributed by atoms with E-state index in [4.69, 9.17) is 9.47 Å². The molecule has 1 aromatic carbocycles. The largest absolute Gasteiger partial charge is 0.494 e. The van der Waals surface area contributed by atoms with Gasteiger partial charge in [0.15, 0.2) is 0 Å². The highest BCUT2D eigenvalue weighted by Crippen LogP contribution is 2.29. The molecule has 6 nitrogen and oxygen atoms in total. The van der Waals surface area contributed by atoms with Gasteiger partial charge < -0.3 is 19.7 Å². The summed E-state index contributed by atoms with van der Waals surface area (Å²) in [6.07, 6.45) is 1.67. The Balaban J connectivity index is 1.87. The Kier molecular flexibility index (Phi) is 6.92.